The van der Waals surface area contributed by atoms with Gasteiger partial charge in [0.25, 0.3) is 0 Å². The number of carbonyl (C=O) groups excluding carboxylic acids is 2. The van der Waals surface area contributed by atoms with Crippen LogP contribution in [0.4, 0.5) is 0 Å². The molecule has 2 rings (SSSR count). The van der Waals surface area contributed by atoms with E-state index in [-0.39, 0.29) is 11.8 Å². The normalized spacial score (nSPS) is 34.3. The first-order valence-electron chi connectivity index (χ1n) is 6.98. The molecule has 3 atom stereocenters. The lowest BCUT2D eigenvalue weighted by molar-refractivity contribution is -0.152. The average molecular weight is 253 g/mol. The molecule has 0 spiro atoms. The zero-order valence-corrected chi connectivity index (χ0v) is 11.4. The third-order valence-corrected chi connectivity index (χ3v) is 4.47. The Morgan fingerprint density at radius 2 is 2.06 bits per heavy atom. The number of hydrogen-bond donors (Lipinski definition) is 0. The minimum atomic E-state index is -0.558. The van der Waals surface area contributed by atoms with Crippen LogP contribution in [0.25, 0.3) is 0 Å². The molecule has 2 aliphatic rings. The highest BCUT2D eigenvalue weighted by molar-refractivity contribution is 5.99. The van der Waals surface area contributed by atoms with Crippen molar-refractivity contribution in [2.24, 2.45) is 11.8 Å². The van der Waals surface area contributed by atoms with Gasteiger partial charge in [-0.1, -0.05) is 19.8 Å². The summed E-state index contributed by atoms with van der Waals surface area (Å²) in [6, 6.07) is 0.541. The number of ether oxygens (including phenoxy) is 1. The maximum absolute atomic E-state index is 11.8. The lowest BCUT2D eigenvalue weighted by Crippen LogP contribution is -2.51. The first kappa shape index (κ1) is 13.5. The average Bonchev–Trinajstić information content (AvgIpc) is 2.39. The molecule has 0 N–H and O–H groups in total. The van der Waals surface area contributed by atoms with Crippen molar-refractivity contribution in [3.63, 3.8) is 0 Å². The van der Waals surface area contributed by atoms with Crippen LogP contribution >= 0.6 is 0 Å². The predicted octanol–water partition coefficient (Wildman–Crippen LogP) is 1.63. The molecule has 1 aliphatic carbocycles. The highest BCUT2D eigenvalue weighted by Gasteiger charge is 2.37. The Bertz CT molecular complexity index is 321. The molecule has 0 amide bonds. The van der Waals surface area contributed by atoms with Crippen LogP contribution in [0, 0.1) is 11.8 Å². The van der Waals surface area contributed by atoms with Crippen LogP contribution < -0.4 is 0 Å². The molecule has 3 unspecified atom stereocenters. The van der Waals surface area contributed by atoms with E-state index in [1.165, 1.54) is 32.8 Å². The summed E-state index contributed by atoms with van der Waals surface area (Å²) in [5.41, 5.74) is 0. The summed E-state index contributed by atoms with van der Waals surface area (Å²) in [7, 11) is 1.36. The molecule has 1 heterocycles. The van der Waals surface area contributed by atoms with Gasteiger partial charge < -0.3 is 4.74 Å². The number of rotatable bonds is 2. The van der Waals surface area contributed by atoms with Crippen LogP contribution in [-0.2, 0) is 14.3 Å². The van der Waals surface area contributed by atoms with Gasteiger partial charge in [0.1, 0.15) is 11.7 Å². The second-order valence-corrected chi connectivity index (χ2v) is 5.62. The fourth-order valence-electron chi connectivity index (χ4n) is 3.34. The number of carbonyl (C=O) groups is 2. The second kappa shape index (κ2) is 5.83. The summed E-state index contributed by atoms with van der Waals surface area (Å²) in [4.78, 5) is 25.7. The summed E-state index contributed by atoms with van der Waals surface area (Å²) in [5, 5.41) is 0. The van der Waals surface area contributed by atoms with Crippen LogP contribution in [0.5, 0.6) is 0 Å². The van der Waals surface area contributed by atoms with Crippen molar-refractivity contribution >= 4 is 11.8 Å². The van der Waals surface area contributed by atoms with Crippen LogP contribution in [0.2, 0.25) is 0 Å². The van der Waals surface area contributed by atoms with Gasteiger partial charge in [-0.15, -0.1) is 0 Å². The SMILES string of the molecule is COC(=O)C1CN(C2CCCCC2C)CCC1=O. The van der Waals surface area contributed by atoms with Crippen molar-refractivity contribution in [3.05, 3.63) is 0 Å². The van der Waals surface area contributed by atoms with E-state index in [9.17, 15) is 9.59 Å². The number of hydrogen-bond acceptors (Lipinski definition) is 4. The van der Waals surface area contributed by atoms with Crippen molar-refractivity contribution in [1.82, 2.24) is 4.90 Å². The summed E-state index contributed by atoms with van der Waals surface area (Å²) >= 11 is 0. The minimum absolute atomic E-state index is 0.0431. The number of nitrogens with zero attached hydrogens (tertiary/aromatic N) is 1. The smallest absolute Gasteiger partial charge is 0.317 e. The molecule has 2 fully saturated rings. The minimum Gasteiger partial charge on any atom is -0.468 e. The van der Waals surface area contributed by atoms with Crippen molar-refractivity contribution in [2.75, 3.05) is 20.2 Å². The van der Waals surface area contributed by atoms with E-state index in [2.05, 4.69) is 11.8 Å². The molecule has 1 saturated heterocycles. The fourth-order valence-corrected chi connectivity index (χ4v) is 3.34. The Morgan fingerprint density at radius 1 is 1.33 bits per heavy atom. The number of esters is 1. The van der Waals surface area contributed by atoms with Crippen LogP contribution in [0.1, 0.15) is 39.0 Å². The Balaban J connectivity index is 2.02. The van der Waals surface area contributed by atoms with E-state index >= 15 is 0 Å². The maximum Gasteiger partial charge on any atom is 0.317 e. The molecule has 18 heavy (non-hydrogen) atoms. The van der Waals surface area contributed by atoms with E-state index in [1.807, 2.05) is 0 Å². The molecule has 0 bridgehead atoms. The first-order valence-corrected chi connectivity index (χ1v) is 6.98. The van der Waals surface area contributed by atoms with E-state index in [0.29, 0.717) is 24.9 Å². The second-order valence-electron chi connectivity index (χ2n) is 5.62. The maximum atomic E-state index is 11.8. The number of ketones is 1. The van der Waals surface area contributed by atoms with Crippen molar-refractivity contribution in [1.29, 1.82) is 0 Å². The van der Waals surface area contributed by atoms with E-state index in [1.54, 1.807) is 0 Å². The van der Waals surface area contributed by atoms with Crippen LogP contribution in [0.15, 0.2) is 0 Å². The number of methoxy groups -OCH3 is 1. The van der Waals surface area contributed by atoms with Gasteiger partial charge in [-0.05, 0) is 18.8 Å². The zero-order chi connectivity index (χ0) is 13.1. The summed E-state index contributed by atoms with van der Waals surface area (Å²) in [6.07, 6.45) is 5.53. The summed E-state index contributed by atoms with van der Waals surface area (Å²) in [6.45, 7) is 3.65. The van der Waals surface area contributed by atoms with Gasteiger partial charge in [-0.25, -0.2) is 0 Å². The van der Waals surface area contributed by atoms with Gasteiger partial charge in [0.2, 0.25) is 0 Å². The highest BCUT2D eigenvalue weighted by atomic mass is 16.5. The third-order valence-electron chi connectivity index (χ3n) is 4.47. The number of Topliss-reactive ketones (excluding diaryl/α,β-unsaturated/α-hetero) is 1. The highest BCUT2D eigenvalue weighted by Crippen LogP contribution is 2.30. The molecule has 1 aliphatic heterocycles. The van der Waals surface area contributed by atoms with Gasteiger partial charge in [0.15, 0.2) is 0 Å². The number of piperidine rings is 1. The standard InChI is InChI=1S/C14H23NO3/c1-10-5-3-4-6-12(10)15-8-7-13(16)11(9-15)14(17)18-2/h10-12H,3-9H2,1-2H3. The molecular weight excluding hydrogens is 230 g/mol. The molecule has 102 valence electrons. The van der Waals surface area contributed by atoms with Gasteiger partial charge in [-0.3, -0.25) is 14.5 Å². The van der Waals surface area contributed by atoms with Gasteiger partial charge in [0.05, 0.1) is 7.11 Å². The zero-order valence-electron chi connectivity index (χ0n) is 11.4. The molecule has 0 aromatic rings. The Hall–Kier alpha value is -0.900. The first-order chi connectivity index (χ1) is 8.63. The van der Waals surface area contributed by atoms with Gasteiger partial charge >= 0.3 is 5.97 Å². The van der Waals surface area contributed by atoms with E-state index < -0.39 is 5.92 Å². The van der Waals surface area contributed by atoms with Crippen molar-refractivity contribution in [3.8, 4) is 0 Å². The Labute approximate surface area is 109 Å². The monoisotopic (exact) mass is 253 g/mol. The molecule has 0 aromatic heterocycles. The summed E-state index contributed by atoms with van der Waals surface area (Å²) in [5.74, 6) is -0.210. The van der Waals surface area contributed by atoms with E-state index in [0.717, 1.165) is 6.54 Å². The molecule has 1 saturated carbocycles. The fraction of sp³-hybridized carbons (Fsp3) is 0.857. The van der Waals surface area contributed by atoms with E-state index in [4.69, 9.17) is 4.74 Å². The third kappa shape index (κ3) is 2.74. The van der Waals surface area contributed by atoms with Gasteiger partial charge in [0, 0.05) is 25.6 Å². The van der Waals surface area contributed by atoms with Crippen LogP contribution in [0.3, 0.4) is 0 Å². The molecule has 0 radical (unpaired) electrons. The Morgan fingerprint density at radius 3 is 2.72 bits per heavy atom. The lowest BCUT2D eigenvalue weighted by Gasteiger charge is -2.41. The topological polar surface area (TPSA) is 46.6 Å². The largest absolute Gasteiger partial charge is 0.468 e. The van der Waals surface area contributed by atoms with Crippen LogP contribution in [-0.4, -0.2) is 42.9 Å². The van der Waals surface area contributed by atoms with Crippen molar-refractivity contribution < 1.29 is 14.3 Å². The lowest BCUT2D eigenvalue weighted by atomic mass is 9.83. The van der Waals surface area contributed by atoms with Crippen molar-refractivity contribution in [2.45, 2.75) is 45.1 Å². The molecular formula is C14H23NO3. The Kier molecular flexibility index (Phi) is 4.38. The van der Waals surface area contributed by atoms with Gasteiger partial charge in [-0.2, -0.15) is 0 Å². The number of likely N-dealkylation sites (tertiary alicyclic amines) is 1. The summed E-state index contributed by atoms with van der Waals surface area (Å²) < 4.78 is 4.74. The molecule has 0 aromatic carbocycles. The predicted molar refractivity (Wildman–Crippen MR) is 68.1 cm³/mol. The quantitative estimate of drug-likeness (QED) is 0.554. The molecule has 4 nitrogen and oxygen atoms in total. The molecule has 4 heteroatoms.